The summed E-state index contributed by atoms with van der Waals surface area (Å²) >= 11 is 0. The minimum absolute atomic E-state index is 0.0208. The number of anilines is 1. The van der Waals surface area contributed by atoms with Crippen molar-refractivity contribution in [3.05, 3.63) is 29.6 Å². The summed E-state index contributed by atoms with van der Waals surface area (Å²) in [6, 6.07) is 4.26. The average Bonchev–Trinajstić information content (AvgIpc) is 2.41. The molecule has 2 unspecified atom stereocenters. The Morgan fingerprint density at radius 2 is 2.19 bits per heavy atom. The van der Waals surface area contributed by atoms with Crippen molar-refractivity contribution in [2.45, 2.75) is 45.8 Å². The number of benzene rings is 1. The second kappa shape index (κ2) is 5.39. The van der Waals surface area contributed by atoms with Gasteiger partial charge in [0.1, 0.15) is 11.4 Å². The van der Waals surface area contributed by atoms with Crippen LogP contribution in [0.5, 0.6) is 0 Å². The van der Waals surface area contributed by atoms with Crippen LogP contribution in [0.1, 0.15) is 32.8 Å². The summed E-state index contributed by atoms with van der Waals surface area (Å²) in [5.74, 6) is -0.577. The number of aryl methyl sites for hydroxylation is 1. The zero-order valence-electron chi connectivity index (χ0n) is 13.0. The van der Waals surface area contributed by atoms with Crippen molar-refractivity contribution in [2.75, 3.05) is 11.9 Å². The van der Waals surface area contributed by atoms with Crippen LogP contribution in [0.2, 0.25) is 0 Å². The lowest BCUT2D eigenvalue weighted by atomic mass is 9.54. The second-order valence-corrected chi connectivity index (χ2v) is 6.25. The Balaban J connectivity index is 2.14. The molecular weight excluding hydrogens is 271 g/mol. The van der Waals surface area contributed by atoms with Gasteiger partial charge in [0.05, 0.1) is 6.10 Å². The number of hydrogen-bond acceptors (Lipinski definition) is 3. The summed E-state index contributed by atoms with van der Waals surface area (Å²) < 4.78 is 18.7. The number of amides is 1. The van der Waals surface area contributed by atoms with E-state index in [1.165, 1.54) is 12.1 Å². The molecule has 1 aromatic rings. The first-order valence-corrected chi connectivity index (χ1v) is 7.20. The molecule has 2 atom stereocenters. The maximum atomic E-state index is 13.1. The van der Waals surface area contributed by atoms with Crippen molar-refractivity contribution >= 4 is 11.6 Å². The maximum Gasteiger partial charge on any atom is 0.245 e. The fourth-order valence-corrected chi connectivity index (χ4v) is 2.82. The predicted molar refractivity (Wildman–Crippen MR) is 80.5 cm³/mol. The van der Waals surface area contributed by atoms with Gasteiger partial charge in [0.25, 0.3) is 0 Å². The summed E-state index contributed by atoms with van der Waals surface area (Å²) in [6.07, 6.45) is 0.465. The number of carbonyl (C=O) groups is 1. The first-order valence-electron chi connectivity index (χ1n) is 7.20. The zero-order chi connectivity index (χ0) is 15.8. The Bertz CT molecular complexity index is 559. The van der Waals surface area contributed by atoms with Gasteiger partial charge in [0, 0.05) is 24.1 Å². The van der Waals surface area contributed by atoms with Crippen LogP contribution in [0.4, 0.5) is 10.1 Å². The van der Waals surface area contributed by atoms with E-state index in [0.717, 1.165) is 0 Å². The highest BCUT2D eigenvalue weighted by molar-refractivity contribution is 6.00. The van der Waals surface area contributed by atoms with Crippen LogP contribution in [0, 0.1) is 18.2 Å². The fraction of sp³-hybridized carbons (Fsp3) is 0.562. The zero-order valence-corrected chi connectivity index (χ0v) is 13.0. The summed E-state index contributed by atoms with van der Waals surface area (Å²) in [4.78, 5) is 12.5. The van der Waals surface area contributed by atoms with Gasteiger partial charge in [-0.25, -0.2) is 4.39 Å². The van der Waals surface area contributed by atoms with E-state index in [0.29, 0.717) is 24.3 Å². The van der Waals surface area contributed by atoms with Crippen LogP contribution in [0.15, 0.2) is 18.2 Å². The van der Waals surface area contributed by atoms with E-state index >= 15 is 0 Å². The first-order chi connectivity index (χ1) is 9.72. The van der Waals surface area contributed by atoms with Gasteiger partial charge in [0.2, 0.25) is 5.91 Å². The highest BCUT2D eigenvalue weighted by atomic mass is 19.1. The number of rotatable bonds is 4. The molecule has 1 aromatic carbocycles. The molecule has 0 saturated heterocycles. The van der Waals surface area contributed by atoms with Crippen molar-refractivity contribution in [1.82, 2.24) is 0 Å². The SMILES string of the molecule is CCOC1CC(N)(C(=O)Nc2ccc(F)cc2C)C1(C)C. The van der Waals surface area contributed by atoms with Crippen molar-refractivity contribution in [1.29, 1.82) is 0 Å². The Kier molecular flexibility index (Phi) is 4.08. The van der Waals surface area contributed by atoms with E-state index in [4.69, 9.17) is 10.5 Å². The minimum Gasteiger partial charge on any atom is -0.378 e. The molecule has 3 N–H and O–H groups in total. The third-order valence-electron chi connectivity index (χ3n) is 4.67. The monoisotopic (exact) mass is 294 g/mol. The molecule has 1 amide bonds. The van der Waals surface area contributed by atoms with Crippen LogP contribution < -0.4 is 11.1 Å². The molecule has 0 aromatic heterocycles. The van der Waals surface area contributed by atoms with E-state index < -0.39 is 11.0 Å². The first kappa shape index (κ1) is 15.9. The molecule has 5 heteroatoms. The van der Waals surface area contributed by atoms with Crippen LogP contribution >= 0.6 is 0 Å². The normalized spacial score (nSPS) is 27.0. The van der Waals surface area contributed by atoms with Gasteiger partial charge >= 0.3 is 0 Å². The quantitative estimate of drug-likeness (QED) is 0.897. The molecule has 1 fully saturated rings. The van der Waals surface area contributed by atoms with Crippen molar-refractivity contribution in [2.24, 2.45) is 11.1 Å². The maximum absolute atomic E-state index is 13.1. The van der Waals surface area contributed by atoms with Crippen molar-refractivity contribution in [3.8, 4) is 0 Å². The molecule has 0 aliphatic heterocycles. The standard InChI is InChI=1S/C16H23FN2O2/c1-5-21-13-9-16(18,15(13,3)4)14(20)19-12-7-6-11(17)8-10(12)2/h6-8,13H,5,9,18H2,1-4H3,(H,19,20). The summed E-state index contributed by atoms with van der Waals surface area (Å²) in [5, 5.41) is 2.81. The molecular formula is C16H23FN2O2. The van der Waals surface area contributed by atoms with Crippen molar-refractivity contribution < 1.29 is 13.9 Å². The van der Waals surface area contributed by atoms with Gasteiger partial charge < -0.3 is 15.8 Å². The van der Waals surface area contributed by atoms with Gasteiger partial charge in [-0.15, -0.1) is 0 Å². The Labute approximate surface area is 124 Å². The van der Waals surface area contributed by atoms with Gasteiger partial charge in [-0.05, 0) is 37.6 Å². The lowest BCUT2D eigenvalue weighted by Crippen LogP contribution is -2.74. The molecule has 1 saturated carbocycles. The molecule has 0 spiro atoms. The topological polar surface area (TPSA) is 64.3 Å². The largest absolute Gasteiger partial charge is 0.378 e. The van der Waals surface area contributed by atoms with Crippen molar-refractivity contribution in [3.63, 3.8) is 0 Å². The van der Waals surface area contributed by atoms with Gasteiger partial charge in [0.15, 0.2) is 0 Å². The number of carbonyl (C=O) groups excluding carboxylic acids is 1. The number of nitrogens with one attached hydrogen (secondary N) is 1. The minimum atomic E-state index is -0.979. The molecule has 4 nitrogen and oxygen atoms in total. The lowest BCUT2D eigenvalue weighted by molar-refractivity contribution is -0.166. The fourth-order valence-electron chi connectivity index (χ4n) is 2.82. The highest BCUT2D eigenvalue weighted by Crippen LogP contribution is 2.50. The summed E-state index contributed by atoms with van der Waals surface area (Å²) in [7, 11) is 0. The lowest BCUT2D eigenvalue weighted by Gasteiger charge is -2.57. The Morgan fingerprint density at radius 1 is 1.52 bits per heavy atom. The number of hydrogen-bond donors (Lipinski definition) is 2. The molecule has 116 valence electrons. The molecule has 1 aliphatic carbocycles. The number of nitrogens with two attached hydrogens (primary N) is 1. The average molecular weight is 294 g/mol. The van der Waals surface area contributed by atoms with E-state index in [2.05, 4.69) is 5.32 Å². The van der Waals surface area contributed by atoms with Gasteiger partial charge in [-0.2, -0.15) is 0 Å². The molecule has 0 radical (unpaired) electrons. The molecule has 0 heterocycles. The highest BCUT2D eigenvalue weighted by Gasteiger charge is 2.62. The van der Waals surface area contributed by atoms with Crippen LogP contribution in [-0.2, 0) is 9.53 Å². The Morgan fingerprint density at radius 3 is 2.71 bits per heavy atom. The van der Waals surface area contributed by atoms with Gasteiger partial charge in [-0.3, -0.25) is 4.79 Å². The number of halogens is 1. The molecule has 0 bridgehead atoms. The molecule has 2 rings (SSSR count). The number of ether oxygens (including phenoxy) is 1. The van der Waals surface area contributed by atoms with E-state index in [-0.39, 0.29) is 17.8 Å². The third-order valence-corrected chi connectivity index (χ3v) is 4.67. The predicted octanol–water partition coefficient (Wildman–Crippen LogP) is 2.61. The summed E-state index contributed by atoms with van der Waals surface area (Å²) in [6.45, 7) is 8.15. The smallest absolute Gasteiger partial charge is 0.245 e. The second-order valence-electron chi connectivity index (χ2n) is 6.25. The van der Waals surface area contributed by atoms with Crippen LogP contribution in [0.25, 0.3) is 0 Å². The Hall–Kier alpha value is -1.46. The molecule has 21 heavy (non-hydrogen) atoms. The van der Waals surface area contributed by atoms with Crippen LogP contribution in [-0.4, -0.2) is 24.2 Å². The van der Waals surface area contributed by atoms with Crippen LogP contribution in [0.3, 0.4) is 0 Å². The third kappa shape index (κ3) is 2.56. The van der Waals surface area contributed by atoms with Gasteiger partial charge in [-0.1, -0.05) is 13.8 Å². The summed E-state index contributed by atoms with van der Waals surface area (Å²) in [5.41, 5.74) is 6.14. The van der Waals surface area contributed by atoms with E-state index in [1.54, 1.807) is 13.0 Å². The molecule has 1 aliphatic rings. The van der Waals surface area contributed by atoms with E-state index in [1.807, 2.05) is 20.8 Å². The van der Waals surface area contributed by atoms with E-state index in [9.17, 15) is 9.18 Å².